The summed E-state index contributed by atoms with van der Waals surface area (Å²) in [4.78, 5) is 10.8. The highest BCUT2D eigenvalue weighted by Crippen LogP contribution is 2.35. The predicted molar refractivity (Wildman–Crippen MR) is 64.8 cm³/mol. The first kappa shape index (κ1) is 12.2. The lowest BCUT2D eigenvalue weighted by atomic mass is 9.86. The van der Waals surface area contributed by atoms with E-state index in [4.69, 9.17) is 4.74 Å². The van der Waals surface area contributed by atoms with Crippen molar-refractivity contribution in [3.63, 3.8) is 0 Å². The van der Waals surface area contributed by atoms with Crippen LogP contribution in [-0.2, 0) is 5.41 Å². The molecular weight excluding hydrogens is 256 g/mol. The Balaban J connectivity index is 3.40. The Hall–Kier alpha value is -0.830. The van der Waals surface area contributed by atoms with E-state index < -0.39 is 0 Å². The van der Waals surface area contributed by atoms with Gasteiger partial charge in [-0.2, -0.15) is 0 Å². The van der Waals surface area contributed by atoms with Crippen LogP contribution in [-0.4, -0.2) is 13.4 Å². The summed E-state index contributed by atoms with van der Waals surface area (Å²) in [7, 11) is 1.62. The molecular formula is C12H15BrO2. The topological polar surface area (TPSA) is 26.3 Å². The number of hydrogen-bond acceptors (Lipinski definition) is 2. The Kier molecular flexibility index (Phi) is 3.55. The molecule has 0 aliphatic carbocycles. The molecule has 0 amide bonds. The van der Waals surface area contributed by atoms with Crippen LogP contribution >= 0.6 is 15.9 Å². The second-order valence-electron chi connectivity index (χ2n) is 4.44. The second kappa shape index (κ2) is 4.35. The number of carbonyl (C=O) groups excluding carboxylic acids is 1. The van der Waals surface area contributed by atoms with Crippen molar-refractivity contribution >= 4 is 22.2 Å². The van der Waals surface area contributed by atoms with Gasteiger partial charge < -0.3 is 4.74 Å². The van der Waals surface area contributed by atoms with Gasteiger partial charge >= 0.3 is 0 Å². The zero-order chi connectivity index (χ0) is 11.6. The maximum absolute atomic E-state index is 10.8. The summed E-state index contributed by atoms with van der Waals surface area (Å²) in [5, 5.41) is 0. The number of carbonyl (C=O) groups is 1. The SMILES string of the molecule is COc1cc(C=O)c(Br)cc1C(C)(C)C. The molecule has 1 aromatic carbocycles. The third-order valence-electron chi connectivity index (χ3n) is 2.25. The molecule has 0 saturated heterocycles. The normalized spacial score (nSPS) is 11.3. The molecule has 0 aromatic heterocycles. The van der Waals surface area contributed by atoms with Crippen molar-refractivity contribution in [3.05, 3.63) is 27.7 Å². The van der Waals surface area contributed by atoms with Crippen LogP contribution in [0.2, 0.25) is 0 Å². The minimum Gasteiger partial charge on any atom is -0.496 e. The van der Waals surface area contributed by atoms with Gasteiger partial charge in [0.15, 0.2) is 6.29 Å². The highest BCUT2D eigenvalue weighted by molar-refractivity contribution is 9.10. The fourth-order valence-electron chi connectivity index (χ4n) is 1.41. The molecule has 0 spiro atoms. The van der Waals surface area contributed by atoms with E-state index in [9.17, 15) is 4.79 Å². The molecule has 82 valence electrons. The smallest absolute Gasteiger partial charge is 0.151 e. The summed E-state index contributed by atoms with van der Waals surface area (Å²) in [6, 6.07) is 3.71. The zero-order valence-electron chi connectivity index (χ0n) is 9.43. The Bertz CT molecular complexity index is 378. The number of ether oxygens (including phenoxy) is 1. The molecule has 0 aliphatic rings. The van der Waals surface area contributed by atoms with E-state index in [0.29, 0.717) is 5.56 Å². The van der Waals surface area contributed by atoms with Gasteiger partial charge in [0.2, 0.25) is 0 Å². The molecule has 0 fully saturated rings. The Morgan fingerprint density at radius 3 is 2.33 bits per heavy atom. The van der Waals surface area contributed by atoms with Gasteiger partial charge in [-0.05, 0) is 17.5 Å². The summed E-state index contributed by atoms with van der Waals surface area (Å²) in [5.74, 6) is 0.757. The Morgan fingerprint density at radius 1 is 1.33 bits per heavy atom. The zero-order valence-corrected chi connectivity index (χ0v) is 11.0. The maximum Gasteiger partial charge on any atom is 0.151 e. The monoisotopic (exact) mass is 270 g/mol. The van der Waals surface area contributed by atoms with Crippen molar-refractivity contribution in [1.82, 2.24) is 0 Å². The standard InChI is InChI=1S/C12H15BrO2/c1-12(2,3)9-6-10(13)8(7-14)5-11(9)15-4/h5-7H,1-4H3. The summed E-state index contributed by atoms with van der Waals surface area (Å²) in [6.07, 6.45) is 0.818. The van der Waals surface area contributed by atoms with Crippen LogP contribution in [0.5, 0.6) is 5.75 Å². The number of rotatable bonds is 2. The van der Waals surface area contributed by atoms with Gasteiger partial charge in [-0.15, -0.1) is 0 Å². The van der Waals surface area contributed by atoms with Crippen LogP contribution in [0.1, 0.15) is 36.7 Å². The van der Waals surface area contributed by atoms with Crippen molar-refractivity contribution < 1.29 is 9.53 Å². The van der Waals surface area contributed by atoms with E-state index in [1.165, 1.54) is 0 Å². The van der Waals surface area contributed by atoms with Crippen molar-refractivity contribution in [2.24, 2.45) is 0 Å². The molecule has 0 N–H and O–H groups in total. The minimum absolute atomic E-state index is 0.00468. The second-order valence-corrected chi connectivity index (χ2v) is 5.30. The molecule has 2 nitrogen and oxygen atoms in total. The largest absolute Gasteiger partial charge is 0.496 e. The average molecular weight is 271 g/mol. The quantitative estimate of drug-likeness (QED) is 0.769. The highest BCUT2D eigenvalue weighted by atomic mass is 79.9. The number of methoxy groups -OCH3 is 1. The van der Waals surface area contributed by atoms with Gasteiger partial charge in [0.25, 0.3) is 0 Å². The van der Waals surface area contributed by atoms with Crippen LogP contribution in [0.3, 0.4) is 0 Å². The van der Waals surface area contributed by atoms with Crippen LogP contribution in [0.15, 0.2) is 16.6 Å². The van der Waals surface area contributed by atoms with E-state index in [1.807, 2.05) is 6.07 Å². The number of halogens is 1. The third kappa shape index (κ3) is 2.59. The van der Waals surface area contributed by atoms with E-state index in [0.717, 1.165) is 22.1 Å². The number of benzene rings is 1. The predicted octanol–water partition coefficient (Wildman–Crippen LogP) is 3.57. The first-order valence-corrected chi connectivity index (χ1v) is 5.52. The van der Waals surface area contributed by atoms with Crippen LogP contribution in [0, 0.1) is 0 Å². The summed E-state index contributed by atoms with van der Waals surface area (Å²) >= 11 is 3.38. The van der Waals surface area contributed by atoms with Crippen LogP contribution in [0.4, 0.5) is 0 Å². The van der Waals surface area contributed by atoms with Crippen LogP contribution < -0.4 is 4.74 Å². The van der Waals surface area contributed by atoms with E-state index >= 15 is 0 Å². The molecule has 1 aromatic rings. The summed E-state index contributed by atoms with van der Waals surface area (Å²) < 4.78 is 6.10. The van der Waals surface area contributed by atoms with Crippen molar-refractivity contribution in [3.8, 4) is 5.75 Å². The van der Waals surface area contributed by atoms with Crippen molar-refractivity contribution in [2.45, 2.75) is 26.2 Å². The number of aldehydes is 1. The Labute approximate surface area is 98.8 Å². The summed E-state index contributed by atoms with van der Waals surface area (Å²) in [5.41, 5.74) is 1.69. The molecule has 15 heavy (non-hydrogen) atoms. The van der Waals surface area contributed by atoms with Crippen molar-refractivity contribution in [1.29, 1.82) is 0 Å². The van der Waals surface area contributed by atoms with E-state index in [2.05, 4.69) is 36.7 Å². The molecule has 0 bridgehead atoms. The molecule has 0 heterocycles. The first-order chi connectivity index (χ1) is 6.90. The lowest BCUT2D eigenvalue weighted by Gasteiger charge is -2.22. The van der Waals surface area contributed by atoms with Gasteiger partial charge in [0.05, 0.1) is 7.11 Å². The van der Waals surface area contributed by atoms with Gasteiger partial charge in [-0.1, -0.05) is 36.7 Å². The average Bonchev–Trinajstić information content (AvgIpc) is 2.16. The summed E-state index contributed by atoms with van der Waals surface area (Å²) in [6.45, 7) is 6.33. The number of hydrogen-bond donors (Lipinski definition) is 0. The molecule has 0 atom stereocenters. The lowest BCUT2D eigenvalue weighted by molar-refractivity contribution is 0.112. The first-order valence-electron chi connectivity index (χ1n) is 4.73. The highest BCUT2D eigenvalue weighted by Gasteiger charge is 2.20. The molecule has 0 saturated carbocycles. The van der Waals surface area contributed by atoms with Crippen LogP contribution in [0.25, 0.3) is 0 Å². The van der Waals surface area contributed by atoms with E-state index in [-0.39, 0.29) is 5.41 Å². The molecule has 3 heteroatoms. The van der Waals surface area contributed by atoms with Crippen molar-refractivity contribution in [2.75, 3.05) is 7.11 Å². The molecule has 1 rings (SSSR count). The van der Waals surface area contributed by atoms with E-state index in [1.54, 1.807) is 13.2 Å². The third-order valence-corrected chi connectivity index (χ3v) is 2.94. The lowest BCUT2D eigenvalue weighted by Crippen LogP contribution is -2.13. The minimum atomic E-state index is -0.00468. The molecule has 0 aliphatic heterocycles. The molecule has 0 unspecified atom stereocenters. The fourth-order valence-corrected chi connectivity index (χ4v) is 1.85. The van der Waals surface area contributed by atoms with Gasteiger partial charge in [-0.3, -0.25) is 4.79 Å². The van der Waals surface area contributed by atoms with Gasteiger partial charge in [0.1, 0.15) is 5.75 Å². The van der Waals surface area contributed by atoms with Gasteiger partial charge in [-0.25, -0.2) is 0 Å². The fraction of sp³-hybridized carbons (Fsp3) is 0.417. The Morgan fingerprint density at radius 2 is 1.93 bits per heavy atom. The molecule has 0 radical (unpaired) electrons. The maximum atomic E-state index is 10.8. The van der Waals surface area contributed by atoms with Gasteiger partial charge in [0, 0.05) is 15.6 Å².